The Hall–Kier alpha value is -7.75. The smallest absolute Gasteiger partial charge is 0.145 e. The number of para-hydroxylation sites is 3. The lowest BCUT2D eigenvalue weighted by Crippen LogP contribution is -2.28. The third kappa shape index (κ3) is 4.92. The Bertz CT molecular complexity index is 3300. The van der Waals surface area contributed by atoms with Gasteiger partial charge in [-0.25, -0.2) is 4.98 Å². The van der Waals surface area contributed by atoms with Crippen LogP contribution in [0.25, 0.3) is 77.9 Å². The first-order chi connectivity index (χ1) is 29.3. The van der Waals surface area contributed by atoms with E-state index >= 15 is 0 Å². The maximum absolute atomic E-state index is 5.04. The second kappa shape index (κ2) is 13.2. The minimum atomic E-state index is -0.447. The number of hydrogen-bond donors (Lipinski definition) is 0. The van der Waals surface area contributed by atoms with Crippen LogP contribution in [0.3, 0.4) is 0 Å². The molecular weight excluding hydrogens is 715 g/mol. The van der Waals surface area contributed by atoms with E-state index in [4.69, 9.17) is 4.98 Å². The molecule has 0 aliphatic heterocycles. The van der Waals surface area contributed by atoms with Crippen LogP contribution < -0.4 is 0 Å². The summed E-state index contributed by atoms with van der Waals surface area (Å²) in [5.41, 5.74) is 17.5. The molecule has 59 heavy (non-hydrogen) atoms. The SMILES string of the molecule is c1ccc(-c2nc3ccccc3n2-c2ccc(-c3ccc(-n4c5ccccc5c5c6c(ccc54)C(c4ccccc4)(c4ccccc4)c4ccccc4-6)cc3)cc2)cc1. The second-order valence-corrected chi connectivity index (χ2v) is 15.5. The molecule has 2 aromatic heterocycles. The zero-order valence-corrected chi connectivity index (χ0v) is 32.2. The van der Waals surface area contributed by atoms with Crippen molar-refractivity contribution in [1.82, 2.24) is 14.1 Å². The Morgan fingerprint density at radius 1 is 0.356 bits per heavy atom. The van der Waals surface area contributed by atoms with Gasteiger partial charge in [0, 0.05) is 27.7 Å². The molecule has 11 aromatic rings. The van der Waals surface area contributed by atoms with Gasteiger partial charge in [0.05, 0.1) is 27.5 Å². The van der Waals surface area contributed by atoms with Crippen LogP contribution in [0.15, 0.2) is 224 Å². The van der Waals surface area contributed by atoms with Crippen molar-refractivity contribution in [3.8, 4) is 45.0 Å². The van der Waals surface area contributed by atoms with Gasteiger partial charge in [-0.3, -0.25) is 4.57 Å². The molecule has 0 radical (unpaired) electrons. The lowest BCUT2D eigenvalue weighted by Gasteiger charge is -2.33. The fraction of sp³-hybridized carbons (Fsp3) is 0.0179. The first-order valence-corrected chi connectivity index (χ1v) is 20.3. The molecule has 0 atom stereocenters. The summed E-state index contributed by atoms with van der Waals surface area (Å²) in [7, 11) is 0. The van der Waals surface area contributed by atoms with Gasteiger partial charge in [-0.15, -0.1) is 0 Å². The molecule has 9 aromatic carbocycles. The first-order valence-electron chi connectivity index (χ1n) is 20.3. The van der Waals surface area contributed by atoms with E-state index in [0.717, 1.165) is 33.8 Å². The molecule has 1 aliphatic rings. The molecule has 276 valence electrons. The highest BCUT2D eigenvalue weighted by Crippen LogP contribution is 2.58. The van der Waals surface area contributed by atoms with Gasteiger partial charge in [-0.1, -0.05) is 176 Å². The van der Waals surface area contributed by atoms with Crippen molar-refractivity contribution >= 4 is 32.8 Å². The minimum absolute atomic E-state index is 0.447. The highest BCUT2D eigenvalue weighted by molar-refractivity contribution is 6.18. The molecule has 0 fully saturated rings. The Morgan fingerprint density at radius 2 is 0.898 bits per heavy atom. The Labute approximate surface area is 342 Å². The van der Waals surface area contributed by atoms with Crippen molar-refractivity contribution in [3.63, 3.8) is 0 Å². The molecule has 2 heterocycles. The van der Waals surface area contributed by atoms with E-state index in [1.54, 1.807) is 0 Å². The van der Waals surface area contributed by atoms with Gasteiger partial charge in [0.15, 0.2) is 0 Å². The molecule has 3 nitrogen and oxygen atoms in total. The molecule has 3 heteroatoms. The van der Waals surface area contributed by atoms with Crippen LogP contribution in [0.5, 0.6) is 0 Å². The highest BCUT2D eigenvalue weighted by Gasteiger charge is 2.47. The van der Waals surface area contributed by atoms with E-state index in [-0.39, 0.29) is 0 Å². The third-order valence-corrected chi connectivity index (χ3v) is 12.4. The van der Waals surface area contributed by atoms with Crippen LogP contribution in [0.1, 0.15) is 22.3 Å². The molecule has 0 bridgehead atoms. The molecule has 0 N–H and O–H groups in total. The standard InChI is InChI=1S/C56H37N3/c1-4-16-40(17-5-1)55-57-49-25-13-15-27-51(49)59(55)44-34-30-39(31-35-44)38-28-32-43(33-29-38)58-50-26-14-11-23-46(50)54-52(58)37-36-48-53(54)45-22-10-12-24-47(45)56(48,41-18-6-2-7-19-41)42-20-8-3-9-21-42/h1-37H. The number of fused-ring (bicyclic) bond motifs is 8. The quantitative estimate of drug-likeness (QED) is 0.166. The zero-order chi connectivity index (χ0) is 38.9. The summed E-state index contributed by atoms with van der Waals surface area (Å²) in [5, 5.41) is 2.55. The molecule has 12 rings (SSSR count). The van der Waals surface area contributed by atoms with E-state index < -0.39 is 5.41 Å². The van der Waals surface area contributed by atoms with Crippen molar-refractivity contribution in [2.75, 3.05) is 0 Å². The number of nitrogens with zero attached hydrogens (tertiary/aromatic N) is 3. The van der Waals surface area contributed by atoms with Crippen LogP contribution in [0.2, 0.25) is 0 Å². The monoisotopic (exact) mass is 751 g/mol. The molecule has 0 saturated carbocycles. The minimum Gasteiger partial charge on any atom is -0.309 e. The summed E-state index contributed by atoms with van der Waals surface area (Å²) < 4.78 is 4.71. The van der Waals surface area contributed by atoms with Crippen molar-refractivity contribution in [3.05, 3.63) is 247 Å². The molecule has 0 saturated heterocycles. The topological polar surface area (TPSA) is 22.8 Å². The summed E-state index contributed by atoms with van der Waals surface area (Å²) in [6.07, 6.45) is 0. The maximum Gasteiger partial charge on any atom is 0.145 e. The fourth-order valence-electron chi connectivity index (χ4n) is 9.94. The van der Waals surface area contributed by atoms with Crippen LogP contribution in [-0.2, 0) is 5.41 Å². The van der Waals surface area contributed by atoms with Crippen LogP contribution >= 0.6 is 0 Å². The molecule has 0 amide bonds. The summed E-state index contributed by atoms with van der Waals surface area (Å²) in [6, 6.07) is 81.5. The second-order valence-electron chi connectivity index (χ2n) is 15.5. The van der Waals surface area contributed by atoms with Gasteiger partial charge in [-0.05, 0) is 93.0 Å². The van der Waals surface area contributed by atoms with Crippen molar-refractivity contribution in [2.45, 2.75) is 5.41 Å². The summed E-state index contributed by atoms with van der Waals surface area (Å²) >= 11 is 0. The van der Waals surface area contributed by atoms with E-state index in [1.807, 2.05) is 6.07 Å². The number of aromatic nitrogens is 3. The van der Waals surface area contributed by atoms with Gasteiger partial charge in [-0.2, -0.15) is 0 Å². The number of hydrogen-bond acceptors (Lipinski definition) is 1. The van der Waals surface area contributed by atoms with Crippen LogP contribution in [-0.4, -0.2) is 14.1 Å². The van der Waals surface area contributed by atoms with E-state index in [2.05, 4.69) is 228 Å². The first kappa shape index (κ1) is 33.4. The fourth-order valence-corrected chi connectivity index (χ4v) is 9.94. The van der Waals surface area contributed by atoms with Crippen molar-refractivity contribution in [1.29, 1.82) is 0 Å². The summed E-state index contributed by atoms with van der Waals surface area (Å²) in [6.45, 7) is 0. The average molecular weight is 752 g/mol. The molecule has 0 unspecified atom stereocenters. The number of imidazole rings is 1. The molecular formula is C56H37N3. The summed E-state index contributed by atoms with van der Waals surface area (Å²) in [5.74, 6) is 0.940. The van der Waals surface area contributed by atoms with Gasteiger partial charge in [0.2, 0.25) is 0 Å². The zero-order valence-electron chi connectivity index (χ0n) is 32.2. The Kier molecular flexibility index (Phi) is 7.45. The molecule has 0 spiro atoms. The van der Waals surface area contributed by atoms with Crippen molar-refractivity contribution < 1.29 is 0 Å². The predicted octanol–water partition coefficient (Wildman–Crippen LogP) is 13.8. The largest absolute Gasteiger partial charge is 0.309 e. The van der Waals surface area contributed by atoms with Crippen LogP contribution in [0, 0.1) is 0 Å². The van der Waals surface area contributed by atoms with Gasteiger partial charge >= 0.3 is 0 Å². The lowest BCUT2D eigenvalue weighted by atomic mass is 9.67. The Morgan fingerprint density at radius 3 is 1.58 bits per heavy atom. The van der Waals surface area contributed by atoms with E-state index in [9.17, 15) is 0 Å². The van der Waals surface area contributed by atoms with E-state index in [0.29, 0.717) is 0 Å². The van der Waals surface area contributed by atoms with Gasteiger partial charge in [0.25, 0.3) is 0 Å². The van der Waals surface area contributed by atoms with Crippen LogP contribution in [0.4, 0.5) is 0 Å². The third-order valence-electron chi connectivity index (χ3n) is 12.4. The molecule has 1 aliphatic carbocycles. The normalized spacial score (nSPS) is 12.9. The maximum atomic E-state index is 5.04. The van der Waals surface area contributed by atoms with Gasteiger partial charge in [0.1, 0.15) is 5.82 Å². The predicted molar refractivity (Wildman–Crippen MR) is 244 cm³/mol. The lowest BCUT2D eigenvalue weighted by molar-refractivity contribution is 0.769. The van der Waals surface area contributed by atoms with Crippen molar-refractivity contribution in [2.24, 2.45) is 0 Å². The summed E-state index contributed by atoms with van der Waals surface area (Å²) in [4.78, 5) is 5.04. The van der Waals surface area contributed by atoms with Gasteiger partial charge < -0.3 is 4.57 Å². The highest BCUT2D eigenvalue weighted by atomic mass is 15.1. The Balaban J connectivity index is 0.989. The number of rotatable bonds is 6. The number of benzene rings is 9. The average Bonchev–Trinajstić information content (AvgIpc) is 3.97. The van der Waals surface area contributed by atoms with E-state index in [1.165, 1.54) is 66.3 Å².